The van der Waals surface area contributed by atoms with E-state index in [9.17, 15) is 0 Å². The summed E-state index contributed by atoms with van der Waals surface area (Å²) in [6.45, 7) is 2.09. The van der Waals surface area contributed by atoms with Gasteiger partial charge in [-0.3, -0.25) is 4.98 Å². The Bertz CT molecular complexity index is 513. The van der Waals surface area contributed by atoms with Crippen LogP contribution < -0.4 is 4.74 Å². The number of methoxy groups -OCH3 is 1. The number of rotatable bonds is 4. The van der Waals surface area contributed by atoms with Gasteiger partial charge in [0.1, 0.15) is 5.75 Å². The van der Waals surface area contributed by atoms with Crippen molar-refractivity contribution in [2.24, 2.45) is 0 Å². The second-order valence-electron chi connectivity index (χ2n) is 4.24. The predicted octanol–water partition coefficient (Wildman–Crippen LogP) is 4.08. The van der Waals surface area contributed by atoms with Crippen LogP contribution in [0.3, 0.4) is 0 Å². The number of aromatic nitrogens is 1. The maximum atomic E-state index is 5.41. The van der Waals surface area contributed by atoms with Crippen molar-refractivity contribution in [1.82, 2.24) is 4.98 Å². The third-order valence-electron chi connectivity index (χ3n) is 2.84. The topological polar surface area (TPSA) is 22.1 Å². The molecule has 1 aromatic carbocycles. The Kier molecular flexibility index (Phi) is 4.37. The van der Waals surface area contributed by atoms with Gasteiger partial charge in [0.05, 0.1) is 7.11 Å². The van der Waals surface area contributed by atoms with Gasteiger partial charge in [-0.1, -0.05) is 39.7 Å². The highest BCUT2D eigenvalue weighted by molar-refractivity contribution is 9.09. The lowest BCUT2D eigenvalue weighted by molar-refractivity contribution is 0.409. The molecule has 3 heteroatoms. The highest BCUT2D eigenvalue weighted by atomic mass is 79.9. The predicted molar refractivity (Wildman–Crippen MR) is 77.3 cm³/mol. The summed E-state index contributed by atoms with van der Waals surface area (Å²) in [6.07, 6.45) is 2.67. The molecule has 18 heavy (non-hydrogen) atoms. The molecule has 2 rings (SSSR count). The van der Waals surface area contributed by atoms with Crippen LogP contribution in [0.25, 0.3) is 0 Å². The molecule has 1 atom stereocenters. The maximum Gasteiger partial charge on any atom is 0.123 e. The lowest BCUT2D eigenvalue weighted by Crippen LogP contribution is -2.00. The van der Waals surface area contributed by atoms with Gasteiger partial charge in [-0.05, 0) is 25.1 Å². The fourth-order valence-electron chi connectivity index (χ4n) is 1.91. The second-order valence-corrected chi connectivity index (χ2v) is 5.34. The molecular weight excluding hydrogens is 290 g/mol. The Labute approximate surface area is 116 Å². The second kappa shape index (κ2) is 6.01. The van der Waals surface area contributed by atoms with E-state index in [1.807, 2.05) is 30.5 Å². The zero-order valence-corrected chi connectivity index (χ0v) is 12.1. The molecule has 0 N–H and O–H groups in total. The molecule has 0 saturated heterocycles. The summed E-state index contributed by atoms with van der Waals surface area (Å²) < 4.78 is 5.41. The molecule has 2 nitrogen and oxygen atoms in total. The van der Waals surface area contributed by atoms with Crippen LogP contribution in [-0.2, 0) is 6.42 Å². The van der Waals surface area contributed by atoms with E-state index in [4.69, 9.17) is 4.74 Å². The van der Waals surface area contributed by atoms with Crippen molar-refractivity contribution in [1.29, 1.82) is 0 Å². The molecule has 0 amide bonds. The molecule has 0 radical (unpaired) electrons. The number of nitrogens with zero attached hydrogens (tertiary/aromatic N) is 1. The molecule has 0 bridgehead atoms. The van der Waals surface area contributed by atoms with Crippen molar-refractivity contribution in [3.63, 3.8) is 0 Å². The zero-order chi connectivity index (χ0) is 13.0. The molecule has 1 unspecified atom stereocenters. The van der Waals surface area contributed by atoms with E-state index < -0.39 is 0 Å². The number of aryl methyl sites for hydroxylation is 1. The highest BCUT2D eigenvalue weighted by Gasteiger charge is 2.14. The fourth-order valence-corrected chi connectivity index (χ4v) is 2.60. The van der Waals surface area contributed by atoms with Gasteiger partial charge in [0.15, 0.2) is 0 Å². The van der Waals surface area contributed by atoms with Gasteiger partial charge >= 0.3 is 0 Å². The molecule has 0 aliphatic heterocycles. The highest BCUT2D eigenvalue weighted by Crippen LogP contribution is 2.34. The summed E-state index contributed by atoms with van der Waals surface area (Å²) in [6, 6.07) is 12.2. The van der Waals surface area contributed by atoms with Crippen LogP contribution in [0, 0.1) is 6.92 Å². The molecule has 0 fully saturated rings. The van der Waals surface area contributed by atoms with Crippen LogP contribution in [0.4, 0.5) is 0 Å². The molecule has 1 aromatic heterocycles. The number of hydrogen-bond donors (Lipinski definition) is 0. The summed E-state index contributed by atoms with van der Waals surface area (Å²) in [5.74, 6) is 0.915. The Morgan fingerprint density at radius 3 is 2.78 bits per heavy atom. The minimum absolute atomic E-state index is 0.210. The first kappa shape index (κ1) is 13.1. The summed E-state index contributed by atoms with van der Waals surface area (Å²) in [5.41, 5.74) is 3.47. The number of benzene rings is 1. The monoisotopic (exact) mass is 305 g/mol. The smallest absolute Gasteiger partial charge is 0.123 e. The summed E-state index contributed by atoms with van der Waals surface area (Å²) >= 11 is 3.73. The maximum absolute atomic E-state index is 5.41. The van der Waals surface area contributed by atoms with Gasteiger partial charge in [-0.15, -0.1) is 0 Å². The van der Waals surface area contributed by atoms with Crippen LogP contribution in [0.15, 0.2) is 42.6 Å². The van der Waals surface area contributed by atoms with Gasteiger partial charge in [0.25, 0.3) is 0 Å². The van der Waals surface area contributed by atoms with Crippen LogP contribution >= 0.6 is 15.9 Å². The zero-order valence-electron chi connectivity index (χ0n) is 10.6. The van der Waals surface area contributed by atoms with Crippen LogP contribution in [-0.4, -0.2) is 12.1 Å². The quantitative estimate of drug-likeness (QED) is 0.794. The minimum Gasteiger partial charge on any atom is -0.496 e. The van der Waals surface area contributed by atoms with Crippen LogP contribution in [0.1, 0.15) is 21.6 Å². The first-order valence-corrected chi connectivity index (χ1v) is 6.81. The fraction of sp³-hybridized carbons (Fsp3) is 0.267. The number of hydrogen-bond acceptors (Lipinski definition) is 2. The van der Waals surface area contributed by atoms with Crippen molar-refractivity contribution < 1.29 is 4.74 Å². The molecule has 2 aromatic rings. The summed E-state index contributed by atoms with van der Waals surface area (Å²) in [7, 11) is 1.70. The minimum atomic E-state index is 0.210. The van der Waals surface area contributed by atoms with E-state index in [-0.39, 0.29) is 4.83 Å². The Hall–Kier alpha value is -1.35. The van der Waals surface area contributed by atoms with Crippen molar-refractivity contribution in [3.8, 4) is 5.75 Å². The van der Waals surface area contributed by atoms with E-state index in [1.54, 1.807) is 7.11 Å². The number of ether oxygens (including phenoxy) is 1. The third-order valence-corrected chi connectivity index (χ3v) is 3.65. The molecule has 1 heterocycles. The third kappa shape index (κ3) is 3.10. The molecule has 94 valence electrons. The molecular formula is C15H16BrNO. The normalized spacial score (nSPS) is 12.2. The van der Waals surface area contributed by atoms with E-state index >= 15 is 0 Å². The van der Waals surface area contributed by atoms with Gasteiger partial charge in [0.2, 0.25) is 0 Å². The lowest BCUT2D eigenvalue weighted by atomic mass is 10.0. The average molecular weight is 306 g/mol. The van der Waals surface area contributed by atoms with Gasteiger partial charge in [-0.25, -0.2) is 0 Å². The molecule has 0 spiro atoms. The largest absolute Gasteiger partial charge is 0.496 e. The SMILES string of the molecule is COc1ccc(C)cc1C(Br)Cc1ccccn1. The number of pyridine rings is 1. The first-order chi connectivity index (χ1) is 8.70. The summed E-state index contributed by atoms with van der Waals surface area (Å²) in [5, 5.41) is 0. The van der Waals surface area contributed by atoms with Crippen LogP contribution in [0.2, 0.25) is 0 Å². The van der Waals surface area contributed by atoms with Crippen molar-refractivity contribution in [2.45, 2.75) is 18.2 Å². The number of halogens is 1. The standard InChI is InChI=1S/C15H16BrNO/c1-11-6-7-15(18-2)13(9-11)14(16)10-12-5-3-4-8-17-12/h3-9,14H,10H2,1-2H3. The Morgan fingerprint density at radius 2 is 2.11 bits per heavy atom. The lowest BCUT2D eigenvalue weighted by Gasteiger charge is -2.14. The Morgan fingerprint density at radius 1 is 1.28 bits per heavy atom. The Balaban J connectivity index is 2.23. The van der Waals surface area contributed by atoms with Crippen molar-refractivity contribution in [2.75, 3.05) is 7.11 Å². The summed E-state index contributed by atoms with van der Waals surface area (Å²) in [4.78, 5) is 4.56. The van der Waals surface area contributed by atoms with Crippen LogP contribution in [0.5, 0.6) is 5.75 Å². The van der Waals surface area contributed by atoms with E-state index in [1.165, 1.54) is 11.1 Å². The first-order valence-electron chi connectivity index (χ1n) is 5.89. The van der Waals surface area contributed by atoms with Crippen molar-refractivity contribution >= 4 is 15.9 Å². The molecule has 0 aliphatic carbocycles. The van der Waals surface area contributed by atoms with Gasteiger partial charge in [0, 0.05) is 28.7 Å². The average Bonchev–Trinajstić information content (AvgIpc) is 2.40. The van der Waals surface area contributed by atoms with Crippen molar-refractivity contribution in [3.05, 3.63) is 59.4 Å². The van der Waals surface area contributed by atoms with E-state index in [0.717, 1.165) is 17.9 Å². The molecule has 0 aliphatic rings. The molecule has 0 saturated carbocycles. The van der Waals surface area contributed by atoms with Gasteiger partial charge < -0.3 is 4.74 Å². The van der Waals surface area contributed by atoms with E-state index in [0.29, 0.717) is 0 Å². The van der Waals surface area contributed by atoms with E-state index in [2.05, 4.69) is 40.0 Å². The number of alkyl halides is 1. The van der Waals surface area contributed by atoms with Gasteiger partial charge in [-0.2, -0.15) is 0 Å².